The summed E-state index contributed by atoms with van der Waals surface area (Å²) in [6, 6.07) is 10.4. The summed E-state index contributed by atoms with van der Waals surface area (Å²) < 4.78 is 0. The molecule has 0 saturated carbocycles. The third-order valence-corrected chi connectivity index (χ3v) is 3.97. The molecule has 0 bridgehead atoms. The van der Waals surface area contributed by atoms with E-state index in [0.29, 0.717) is 0 Å². The van der Waals surface area contributed by atoms with Gasteiger partial charge < -0.3 is 5.73 Å². The predicted octanol–water partition coefficient (Wildman–Crippen LogP) is 3.30. The number of pyridine rings is 1. The highest BCUT2D eigenvalue weighted by Gasteiger charge is 2.11. The lowest BCUT2D eigenvalue weighted by atomic mass is 10.1. The van der Waals surface area contributed by atoms with Gasteiger partial charge >= 0.3 is 0 Å². The second-order valence-corrected chi connectivity index (χ2v) is 5.41. The summed E-state index contributed by atoms with van der Waals surface area (Å²) in [4.78, 5) is 5.56. The molecule has 86 valence electrons. The van der Waals surface area contributed by atoms with Gasteiger partial charge in [-0.3, -0.25) is 0 Å². The minimum absolute atomic E-state index is 0.767. The van der Waals surface area contributed by atoms with Crippen molar-refractivity contribution in [1.82, 2.24) is 4.98 Å². The zero-order valence-corrected chi connectivity index (χ0v) is 10.3. The molecule has 17 heavy (non-hydrogen) atoms. The monoisotopic (exact) mass is 242 g/mol. The number of fused-ring (bicyclic) bond motifs is 1. The molecule has 0 amide bonds. The van der Waals surface area contributed by atoms with Crippen LogP contribution in [0, 0.1) is 0 Å². The van der Waals surface area contributed by atoms with Crippen LogP contribution < -0.4 is 5.73 Å². The van der Waals surface area contributed by atoms with Crippen molar-refractivity contribution in [3.05, 3.63) is 47.7 Å². The first-order chi connectivity index (χ1) is 8.31. The normalized spacial score (nSPS) is 13.6. The van der Waals surface area contributed by atoms with Gasteiger partial charge in [-0.15, -0.1) is 0 Å². The highest BCUT2D eigenvalue weighted by Crippen LogP contribution is 2.31. The summed E-state index contributed by atoms with van der Waals surface area (Å²) in [7, 11) is 0. The van der Waals surface area contributed by atoms with Gasteiger partial charge in [0.15, 0.2) is 0 Å². The lowest BCUT2D eigenvalue weighted by molar-refractivity contribution is 0.911. The molecule has 3 heteroatoms. The fourth-order valence-electron chi connectivity index (χ4n) is 2.21. The molecule has 1 aliphatic carbocycles. The third kappa shape index (κ3) is 2.29. The first-order valence-corrected chi connectivity index (χ1v) is 6.64. The van der Waals surface area contributed by atoms with E-state index in [2.05, 4.69) is 23.2 Å². The molecule has 1 aromatic heterocycles. The molecule has 2 nitrogen and oxygen atoms in total. The summed E-state index contributed by atoms with van der Waals surface area (Å²) in [5, 5.41) is 0.961. The first-order valence-electron chi connectivity index (χ1n) is 5.82. The van der Waals surface area contributed by atoms with Crippen LogP contribution in [0.5, 0.6) is 0 Å². The number of aromatic nitrogens is 1. The summed E-state index contributed by atoms with van der Waals surface area (Å²) in [6.45, 7) is 0. The fraction of sp³-hybridized carbons (Fsp3) is 0.214. The van der Waals surface area contributed by atoms with Crippen LogP contribution in [0.3, 0.4) is 0 Å². The number of benzene rings is 1. The van der Waals surface area contributed by atoms with Crippen molar-refractivity contribution in [2.24, 2.45) is 0 Å². The number of aryl methyl sites for hydroxylation is 2. The second kappa shape index (κ2) is 4.41. The number of nitrogens with two attached hydrogens (primary N) is 1. The number of hydrogen-bond donors (Lipinski definition) is 1. The van der Waals surface area contributed by atoms with Crippen LogP contribution in [-0.4, -0.2) is 4.98 Å². The van der Waals surface area contributed by atoms with E-state index in [9.17, 15) is 0 Å². The average molecular weight is 242 g/mol. The highest BCUT2D eigenvalue weighted by molar-refractivity contribution is 7.99. The van der Waals surface area contributed by atoms with Gasteiger partial charge in [0, 0.05) is 16.8 Å². The summed E-state index contributed by atoms with van der Waals surface area (Å²) in [6.07, 6.45) is 5.50. The van der Waals surface area contributed by atoms with Crippen molar-refractivity contribution >= 4 is 17.4 Å². The third-order valence-electron chi connectivity index (χ3n) is 3.05. The molecule has 0 saturated heterocycles. The Kier molecular flexibility index (Phi) is 2.77. The van der Waals surface area contributed by atoms with Gasteiger partial charge in [0.2, 0.25) is 0 Å². The van der Waals surface area contributed by atoms with Crippen LogP contribution in [-0.2, 0) is 12.8 Å². The minimum Gasteiger partial charge on any atom is -0.399 e. The van der Waals surface area contributed by atoms with Crippen LogP contribution in [0.1, 0.15) is 17.5 Å². The molecule has 1 aromatic carbocycles. The number of rotatable bonds is 2. The molecule has 0 atom stereocenters. The van der Waals surface area contributed by atoms with Gasteiger partial charge in [-0.1, -0.05) is 17.8 Å². The first kappa shape index (κ1) is 10.7. The van der Waals surface area contributed by atoms with Crippen molar-refractivity contribution in [3.8, 4) is 0 Å². The number of nitrogens with zero attached hydrogens (tertiary/aromatic N) is 1. The number of nitrogen functional groups attached to an aromatic ring is 1. The molecule has 2 N–H and O–H groups in total. The van der Waals surface area contributed by atoms with E-state index in [4.69, 9.17) is 5.73 Å². The summed E-state index contributed by atoms with van der Waals surface area (Å²) in [5.74, 6) is 0. The van der Waals surface area contributed by atoms with E-state index in [1.807, 2.05) is 12.1 Å². The zero-order chi connectivity index (χ0) is 11.7. The Labute approximate surface area is 105 Å². The Bertz CT molecular complexity index is 552. The molecular formula is C14H14N2S. The van der Waals surface area contributed by atoms with Crippen molar-refractivity contribution in [3.63, 3.8) is 0 Å². The standard InChI is InChI=1S/C14H14N2S/c15-12-6-7-16-14(9-12)17-13-5-4-10-2-1-3-11(10)8-13/h4-9H,1-3H2,(H2,15,16). The maximum atomic E-state index is 5.75. The largest absolute Gasteiger partial charge is 0.399 e. The smallest absolute Gasteiger partial charge is 0.103 e. The molecule has 1 heterocycles. The highest BCUT2D eigenvalue weighted by atomic mass is 32.2. The van der Waals surface area contributed by atoms with Crippen LogP contribution in [0.25, 0.3) is 0 Å². The van der Waals surface area contributed by atoms with Crippen molar-refractivity contribution in [1.29, 1.82) is 0 Å². The van der Waals surface area contributed by atoms with E-state index in [1.54, 1.807) is 18.0 Å². The second-order valence-electron chi connectivity index (χ2n) is 4.31. The van der Waals surface area contributed by atoms with Crippen molar-refractivity contribution < 1.29 is 0 Å². The topological polar surface area (TPSA) is 38.9 Å². The van der Waals surface area contributed by atoms with Gasteiger partial charge in [-0.25, -0.2) is 4.98 Å². The van der Waals surface area contributed by atoms with Crippen LogP contribution >= 0.6 is 11.8 Å². The summed E-state index contributed by atoms with van der Waals surface area (Å²) in [5.41, 5.74) is 9.52. The Balaban J connectivity index is 1.86. The molecule has 2 aromatic rings. The fourth-order valence-corrected chi connectivity index (χ4v) is 3.10. The Morgan fingerprint density at radius 3 is 2.82 bits per heavy atom. The minimum atomic E-state index is 0.767. The molecule has 1 aliphatic rings. The van der Waals surface area contributed by atoms with Crippen LogP contribution in [0.15, 0.2) is 46.5 Å². The Morgan fingerprint density at radius 1 is 1.06 bits per heavy atom. The number of hydrogen-bond acceptors (Lipinski definition) is 3. The van der Waals surface area contributed by atoms with Gasteiger partial charge in [0.1, 0.15) is 5.03 Å². The lowest BCUT2D eigenvalue weighted by Gasteiger charge is -2.04. The molecule has 0 aliphatic heterocycles. The van der Waals surface area contributed by atoms with Gasteiger partial charge in [0.05, 0.1) is 0 Å². The van der Waals surface area contributed by atoms with E-state index in [0.717, 1.165) is 10.7 Å². The van der Waals surface area contributed by atoms with E-state index < -0.39 is 0 Å². The predicted molar refractivity (Wildman–Crippen MR) is 71.2 cm³/mol. The average Bonchev–Trinajstić information content (AvgIpc) is 2.76. The summed E-state index contributed by atoms with van der Waals surface area (Å²) >= 11 is 1.68. The Morgan fingerprint density at radius 2 is 1.94 bits per heavy atom. The maximum absolute atomic E-state index is 5.75. The Hall–Kier alpha value is -1.48. The van der Waals surface area contributed by atoms with Gasteiger partial charge in [0.25, 0.3) is 0 Å². The molecule has 0 radical (unpaired) electrons. The van der Waals surface area contributed by atoms with Crippen LogP contribution in [0.4, 0.5) is 5.69 Å². The molecule has 0 spiro atoms. The van der Waals surface area contributed by atoms with Crippen molar-refractivity contribution in [2.75, 3.05) is 5.73 Å². The maximum Gasteiger partial charge on any atom is 0.103 e. The zero-order valence-electron chi connectivity index (χ0n) is 9.52. The SMILES string of the molecule is Nc1ccnc(Sc2ccc3c(c2)CCC3)c1. The van der Waals surface area contributed by atoms with Crippen molar-refractivity contribution in [2.45, 2.75) is 29.2 Å². The molecular weight excluding hydrogens is 228 g/mol. The van der Waals surface area contributed by atoms with Gasteiger partial charge in [-0.05, 0) is 54.7 Å². The van der Waals surface area contributed by atoms with E-state index in [-0.39, 0.29) is 0 Å². The number of anilines is 1. The van der Waals surface area contributed by atoms with E-state index in [1.165, 1.54) is 35.3 Å². The van der Waals surface area contributed by atoms with E-state index >= 15 is 0 Å². The molecule has 0 unspecified atom stereocenters. The quantitative estimate of drug-likeness (QED) is 0.878. The van der Waals surface area contributed by atoms with Gasteiger partial charge in [-0.2, -0.15) is 0 Å². The lowest BCUT2D eigenvalue weighted by Crippen LogP contribution is -1.87. The van der Waals surface area contributed by atoms with Crippen LogP contribution in [0.2, 0.25) is 0 Å². The molecule has 0 fully saturated rings. The molecule has 3 rings (SSSR count).